The van der Waals surface area contributed by atoms with Gasteiger partial charge in [-0.25, -0.2) is 0 Å². The van der Waals surface area contributed by atoms with E-state index in [4.69, 9.17) is 0 Å². The Bertz CT molecular complexity index is 97.0. The van der Waals surface area contributed by atoms with Gasteiger partial charge in [-0.3, -0.25) is 0 Å². The summed E-state index contributed by atoms with van der Waals surface area (Å²) in [6.07, 6.45) is 6.05. The molecule has 11 heavy (non-hydrogen) atoms. The van der Waals surface area contributed by atoms with E-state index in [0.717, 1.165) is 0 Å². The Balaban J connectivity index is 0. The summed E-state index contributed by atoms with van der Waals surface area (Å²) < 4.78 is 0. The van der Waals surface area contributed by atoms with Crippen LogP contribution in [0.25, 0.3) is 0 Å². The van der Waals surface area contributed by atoms with Crippen molar-refractivity contribution in [3.05, 3.63) is 38.0 Å². The number of allylic oxidation sites excluding steroid dienone is 3. The molecule has 0 aliphatic carbocycles. The van der Waals surface area contributed by atoms with Crippen molar-refractivity contribution in [2.24, 2.45) is 0 Å². The molecule has 0 aromatic carbocycles. The van der Waals surface area contributed by atoms with Crippen molar-refractivity contribution in [1.29, 1.82) is 0 Å². The number of hydrogen-bond donors (Lipinski definition) is 0. The molecule has 0 atom stereocenters. The van der Waals surface area contributed by atoms with Crippen LogP contribution in [0.15, 0.2) is 38.0 Å². The topological polar surface area (TPSA) is 0 Å². The molecule has 0 aromatic heterocycles. The van der Waals surface area contributed by atoms with E-state index in [1.54, 1.807) is 0 Å². The summed E-state index contributed by atoms with van der Waals surface area (Å²) in [7, 11) is 0. The van der Waals surface area contributed by atoms with Gasteiger partial charge in [-0.2, -0.15) is 0 Å². The van der Waals surface area contributed by atoms with Crippen molar-refractivity contribution in [3.8, 4) is 0 Å². The van der Waals surface area contributed by atoms with E-state index in [2.05, 4.69) is 19.7 Å². The van der Waals surface area contributed by atoms with Crippen molar-refractivity contribution < 1.29 is 0 Å². The van der Waals surface area contributed by atoms with Crippen LogP contribution in [0.3, 0.4) is 0 Å². The summed E-state index contributed by atoms with van der Waals surface area (Å²) in [5, 5.41) is 3.62. The fourth-order valence-corrected chi connectivity index (χ4v) is 2.99. The van der Waals surface area contributed by atoms with Gasteiger partial charge >= 0.3 is 29.6 Å². The Morgan fingerprint density at radius 3 is 1.27 bits per heavy atom. The normalized spacial score (nSPS) is 7.64. The van der Waals surface area contributed by atoms with Gasteiger partial charge in [0.1, 0.15) is 0 Å². The van der Waals surface area contributed by atoms with Crippen molar-refractivity contribution in [2.45, 2.75) is 15.8 Å². The number of rotatable bonds is 6. The third-order valence-corrected chi connectivity index (χ3v) is 4.50. The summed E-state index contributed by atoms with van der Waals surface area (Å²) in [4.78, 5) is 0. The van der Waals surface area contributed by atoms with Crippen LogP contribution in [0.1, 0.15) is 0 Å². The van der Waals surface area contributed by atoms with E-state index >= 15 is 0 Å². The molecule has 0 fully saturated rings. The zero-order valence-electron chi connectivity index (χ0n) is 6.55. The summed E-state index contributed by atoms with van der Waals surface area (Å²) in [6, 6.07) is 0. The molecule has 0 saturated heterocycles. The van der Waals surface area contributed by atoms with E-state index < -0.39 is 14.1 Å². The Morgan fingerprint density at radius 2 is 1.09 bits per heavy atom. The van der Waals surface area contributed by atoms with Gasteiger partial charge in [-0.15, -0.1) is 38.0 Å². The first kappa shape index (κ1) is 14.3. The molecule has 0 saturated carbocycles. The van der Waals surface area contributed by atoms with Crippen LogP contribution in [0.5, 0.6) is 0 Å². The van der Waals surface area contributed by atoms with Crippen molar-refractivity contribution in [3.63, 3.8) is 0 Å². The molecule has 0 aliphatic heterocycles. The molecule has 56 valence electrons. The van der Waals surface area contributed by atoms with Gasteiger partial charge in [0.05, 0.1) is 0 Å². The molecule has 0 heterocycles. The van der Waals surface area contributed by atoms with Crippen molar-refractivity contribution >= 4 is 43.7 Å². The zero-order chi connectivity index (χ0) is 7.82. The molecule has 0 rings (SSSR count). The van der Waals surface area contributed by atoms with E-state index in [-0.39, 0.29) is 29.6 Å². The molecule has 0 bridgehead atoms. The first-order valence-corrected chi connectivity index (χ1v) is 6.12. The van der Waals surface area contributed by atoms with Crippen LogP contribution < -0.4 is 0 Å². The van der Waals surface area contributed by atoms with Crippen LogP contribution in [0, 0.1) is 0 Å². The Morgan fingerprint density at radius 1 is 0.818 bits per heavy atom. The second-order valence-corrected chi connectivity index (χ2v) is 5.59. The van der Waals surface area contributed by atoms with Gasteiger partial charge < -0.3 is 0 Å². The van der Waals surface area contributed by atoms with Gasteiger partial charge in [0.2, 0.25) is 0 Å². The summed E-state index contributed by atoms with van der Waals surface area (Å²) in [5.74, 6) is 0. The molecule has 0 N–H and O–H groups in total. The van der Waals surface area contributed by atoms with Crippen LogP contribution in [0.2, 0.25) is 15.8 Å². The van der Waals surface area contributed by atoms with Crippen molar-refractivity contribution in [1.82, 2.24) is 0 Å². The molecular weight excluding hydrogens is 158 g/mol. The fourth-order valence-electron chi connectivity index (χ4n) is 0.996. The predicted molar refractivity (Wildman–Crippen MR) is 57.9 cm³/mol. The number of hydrogen-bond acceptors (Lipinski definition) is 0. The van der Waals surface area contributed by atoms with Crippen LogP contribution in [-0.2, 0) is 0 Å². The maximum atomic E-state index is 3.73. The van der Waals surface area contributed by atoms with Crippen molar-refractivity contribution in [2.75, 3.05) is 0 Å². The third-order valence-electron chi connectivity index (χ3n) is 1.50. The molecule has 2 heteroatoms. The van der Waals surface area contributed by atoms with Gasteiger partial charge in [0, 0.05) is 0 Å². The minimum atomic E-state index is -0.588. The van der Waals surface area contributed by atoms with E-state index in [9.17, 15) is 0 Å². The van der Waals surface area contributed by atoms with E-state index in [0.29, 0.717) is 0 Å². The van der Waals surface area contributed by atoms with Gasteiger partial charge in [-0.1, -0.05) is 15.8 Å². The molecule has 0 nitrogen and oxygen atoms in total. The summed E-state index contributed by atoms with van der Waals surface area (Å²) >= 11 is -0.588. The predicted octanol–water partition coefficient (Wildman–Crippen LogP) is 2.39. The van der Waals surface area contributed by atoms with Crippen LogP contribution in [-0.4, -0.2) is 43.7 Å². The monoisotopic (exact) mass is 174 g/mol. The Hall–Kier alpha value is 0.752. The van der Waals surface area contributed by atoms with E-state index in [1.807, 2.05) is 18.2 Å². The first-order chi connectivity index (χ1) is 4.85. The first-order valence-electron chi connectivity index (χ1n) is 3.67. The molecule has 0 radical (unpaired) electrons. The second-order valence-electron chi connectivity index (χ2n) is 2.44. The van der Waals surface area contributed by atoms with Crippen LogP contribution >= 0.6 is 0 Å². The molecule has 0 spiro atoms. The fraction of sp³-hybridized carbons (Fsp3) is 0.333. The Kier molecular flexibility index (Phi) is 14.0. The third kappa shape index (κ3) is 8.66. The molecule has 0 amide bonds. The summed E-state index contributed by atoms with van der Waals surface area (Å²) in [5.41, 5.74) is 0. The average Bonchev–Trinajstić information content (AvgIpc) is 1.90. The molecule has 0 aromatic rings. The second kappa shape index (κ2) is 10.8. The van der Waals surface area contributed by atoms with Gasteiger partial charge in [0.25, 0.3) is 14.1 Å². The zero-order valence-corrected chi connectivity index (χ0v) is 7.71. The van der Waals surface area contributed by atoms with Crippen LogP contribution in [0.4, 0.5) is 0 Å². The SMILES string of the molecule is C=C[CH2][Al]([CH2]C=C)[CH2]C=C.[NaH]. The minimum absolute atomic E-state index is 0. The standard InChI is InChI=1S/3C3H5.Al.Na.H/c3*1-3-2;;;/h3*3H,1-2H2;;;. The summed E-state index contributed by atoms with van der Waals surface area (Å²) in [6.45, 7) is 11.2. The van der Waals surface area contributed by atoms with E-state index in [1.165, 1.54) is 15.8 Å². The quantitative estimate of drug-likeness (QED) is 0.428. The van der Waals surface area contributed by atoms with Gasteiger partial charge in [-0.05, 0) is 0 Å². The average molecular weight is 174 g/mol. The molecule has 0 aliphatic rings. The maximum absolute atomic E-state index is 3.73. The van der Waals surface area contributed by atoms with Gasteiger partial charge in [0.15, 0.2) is 0 Å². The Labute approximate surface area is 96.8 Å². The molecular formula is C9H16AlNa. The molecule has 0 unspecified atom stereocenters.